The number of carbonyl (C=O) groups is 1. The molecule has 2 N–H and O–H groups in total. The van der Waals surface area contributed by atoms with Crippen molar-refractivity contribution in [2.24, 2.45) is 4.99 Å². The molecule has 0 heterocycles. The molecule has 1 atom stereocenters. The van der Waals surface area contributed by atoms with Crippen molar-refractivity contribution in [1.82, 2.24) is 5.32 Å². The average Bonchev–Trinajstić information content (AvgIpc) is 2.26. The van der Waals surface area contributed by atoms with Gasteiger partial charge in [0.2, 0.25) is 0 Å². The Morgan fingerprint density at radius 2 is 2.07 bits per heavy atom. The van der Waals surface area contributed by atoms with Crippen LogP contribution in [0.15, 0.2) is 16.6 Å². The van der Waals surface area contributed by atoms with Crippen LogP contribution in [0.5, 0.6) is 0 Å². The van der Waals surface area contributed by atoms with Gasteiger partial charge in [0.25, 0.3) is 0 Å². The lowest BCUT2D eigenvalue weighted by molar-refractivity contribution is -0.139. The fraction of sp³-hybridized carbons (Fsp3) is 0.636. The van der Waals surface area contributed by atoms with Crippen molar-refractivity contribution in [3.8, 4) is 0 Å². The summed E-state index contributed by atoms with van der Waals surface area (Å²) in [7, 11) is 3.30. The van der Waals surface area contributed by atoms with Crippen LogP contribution in [0.1, 0.15) is 27.2 Å². The van der Waals surface area contributed by atoms with Crippen molar-refractivity contribution in [3.63, 3.8) is 0 Å². The third kappa shape index (κ3) is 7.88. The number of aliphatic imine (C=N–C) groups is 1. The second-order valence-electron chi connectivity index (χ2n) is 2.63. The van der Waals surface area contributed by atoms with Gasteiger partial charge in [-0.2, -0.15) is 0 Å². The van der Waals surface area contributed by atoms with Crippen molar-refractivity contribution in [3.05, 3.63) is 11.6 Å². The lowest BCUT2D eigenvalue weighted by Crippen LogP contribution is -2.34. The van der Waals surface area contributed by atoms with E-state index in [2.05, 4.69) is 10.3 Å². The lowest BCUT2D eigenvalue weighted by atomic mass is 10.1. The number of carboxylic acids is 1. The Morgan fingerprint density at radius 3 is 2.33 bits per heavy atom. The number of allylic oxidation sites excluding steroid dienone is 1. The summed E-state index contributed by atoms with van der Waals surface area (Å²) in [4.78, 5) is 14.5. The number of likely N-dealkylation sites (N-methyl/N-ethyl adjacent to an activating group) is 1. The fourth-order valence-electron chi connectivity index (χ4n) is 0.959. The van der Waals surface area contributed by atoms with E-state index in [9.17, 15) is 4.79 Å². The molecule has 0 fully saturated rings. The van der Waals surface area contributed by atoms with E-state index in [1.807, 2.05) is 26.8 Å². The SMILES string of the molecule is C/C=C(\C=NC)CC(NC)C(=O)O.CC. The molecule has 0 amide bonds. The summed E-state index contributed by atoms with van der Waals surface area (Å²) >= 11 is 0. The summed E-state index contributed by atoms with van der Waals surface area (Å²) in [5.41, 5.74) is 0.921. The monoisotopic (exact) mass is 214 g/mol. The van der Waals surface area contributed by atoms with Crippen molar-refractivity contribution in [2.75, 3.05) is 14.1 Å². The van der Waals surface area contributed by atoms with Crippen molar-refractivity contribution >= 4 is 12.2 Å². The van der Waals surface area contributed by atoms with Gasteiger partial charge in [-0.1, -0.05) is 19.9 Å². The van der Waals surface area contributed by atoms with E-state index in [0.29, 0.717) is 6.42 Å². The highest BCUT2D eigenvalue weighted by atomic mass is 16.4. The first-order chi connectivity index (χ1) is 7.15. The van der Waals surface area contributed by atoms with E-state index in [-0.39, 0.29) is 0 Å². The molecule has 0 saturated heterocycles. The van der Waals surface area contributed by atoms with Gasteiger partial charge >= 0.3 is 5.97 Å². The molecule has 0 aliphatic rings. The maximum atomic E-state index is 10.7. The molecule has 0 aliphatic carbocycles. The topological polar surface area (TPSA) is 61.7 Å². The summed E-state index contributed by atoms with van der Waals surface area (Å²) in [5.74, 6) is -0.841. The average molecular weight is 214 g/mol. The standard InChI is InChI=1S/C9H16N2O2.C2H6/c1-4-7(6-10-2)5-8(11-3)9(12)13;1-2/h4,6,8,11H,5H2,1-3H3,(H,12,13);1-2H3/b7-4-,10-6?;. The van der Waals surface area contributed by atoms with Gasteiger partial charge in [-0.05, 0) is 26.0 Å². The highest BCUT2D eigenvalue weighted by Gasteiger charge is 2.15. The highest BCUT2D eigenvalue weighted by molar-refractivity contribution is 5.81. The van der Waals surface area contributed by atoms with Crippen LogP contribution in [-0.4, -0.2) is 37.4 Å². The molecule has 0 bridgehead atoms. The molecule has 0 aromatic rings. The number of hydrogen-bond acceptors (Lipinski definition) is 3. The van der Waals surface area contributed by atoms with Gasteiger partial charge in [0.15, 0.2) is 0 Å². The molecule has 0 saturated carbocycles. The first-order valence-corrected chi connectivity index (χ1v) is 5.13. The molecule has 0 radical (unpaired) electrons. The molecule has 88 valence electrons. The second kappa shape index (κ2) is 10.9. The van der Waals surface area contributed by atoms with Crippen molar-refractivity contribution in [2.45, 2.75) is 33.2 Å². The predicted octanol–water partition coefficient (Wildman–Crippen LogP) is 1.72. The largest absolute Gasteiger partial charge is 0.480 e. The molecule has 0 aromatic carbocycles. The zero-order chi connectivity index (χ0) is 12.3. The number of rotatable bonds is 5. The Labute approximate surface area is 92.1 Å². The molecule has 0 aliphatic heterocycles. The quantitative estimate of drug-likeness (QED) is 0.685. The molecule has 4 nitrogen and oxygen atoms in total. The van der Waals surface area contributed by atoms with Crippen molar-refractivity contribution in [1.29, 1.82) is 0 Å². The Kier molecular flexibility index (Phi) is 11.8. The molecule has 0 rings (SSSR count). The van der Waals surface area contributed by atoms with Gasteiger partial charge in [-0.15, -0.1) is 0 Å². The highest BCUT2D eigenvalue weighted by Crippen LogP contribution is 2.03. The summed E-state index contributed by atoms with van der Waals surface area (Å²) in [6.45, 7) is 5.87. The molecule has 1 unspecified atom stereocenters. The van der Waals surface area contributed by atoms with Crippen LogP contribution < -0.4 is 5.32 Å². The van der Waals surface area contributed by atoms with Crippen LogP contribution >= 0.6 is 0 Å². The lowest BCUT2D eigenvalue weighted by Gasteiger charge is -2.10. The maximum Gasteiger partial charge on any atom is 0.321 e. The predicted molar refractivity (Wildman–Crippen MR) is 64.6 cm³/mol. The molecular formula is C11H22N2O2. The minimum absolute atomic E-state index is 0.458. The third-order valence-corrected chi connectivity index (χ3v) is 1.75. The van der Waals surface area contributed by atoms with E-state index >= 15 is 0 Å². The first-order valence-electron chi connectivity index (χ1n) is 5.13. The van der Waals surface area contributed by atoms with E-state index in [4.69, 9.17) is 5.11 Å². The van der Waals surface area contributed by atoms with Gasteiger partial charge in [-0.25, -0.2) is 0 Å². The number of carboxylic acid groups (broad SMARTS) is 1. The molecular weight excluding hydrogens is 192 g/mol. The zero-order valence-electron chi connectivity index (χ0n) is 10.2. The molecule has 0 aromatic heterocycles. The van der Waals surface area contributed by atoms with Crippen LogP contribution in [0.25, 0.3) is 0 Å². The summed E-state index contributed by atoms with van der Waals surface area (Å²) < 4.78 is 0. The van der Waals surface area contributed by atoms with Crippen LogP contribution in [-0.2, 0) is 4.79 Å². The number of hydrogen-bond donors (Lipinski definition) is 2. The van der Waals surface area contributed by atoms with Gasteiger partial charge in [0, 0.05) is 13.3 Å². The van der Waals surface area contributed by atoms with Gasteiger partial charge < -0.3 is 10.4 Å². The molecule has 4 heteroatoms. The Hall–Kier alpha value is -1.16. The fourth-order valence-corrected chi connectivity index (χ4v) is 0.959. The maximum absolute atomic E-state index is 10.7. The van der Waals surface area contributed by atoms with E-state index in [1.54, 1.807) is 20.3 Å². The van der Waals surface area contributed by atoms with Gasteiger partial charge in [-0.3, -0.25) is 9.79 Å². The number of aliphatic carboxylic acids is 1. The van der Waals surface area contributed by atoms with E-state index < -0.39 is 12.0 Å². The summed E-state index contributed by atoms with van der Waals surface area (Å²) in [5, 5.41) is 11.5. The van der Waals surface area contributed by atoms with Crippen LogP contribution in [0.4, 0.5) is 0 Å². The van der Waals surface area contributed by atoms with Gasteiger partial charge in [0.05, 0.1) is 0 Å². The van der Waals surface area contributed by atoms with E-state index in [0.717, 1.165) is 5.57 Å². The Balaban J connectivity index is 0. The normalized spacial score (nSPS) is 13.3. The smallest absolute Gasteiger partial charge is 0.321 e. The summed E-state index contributed by atoms with van der Waals surface area (Å²) in [6, 6.07) is -0.538. The third-order valence-electron chi connectivity index (χ3n) is 1.75. The minimum Gasteiger partial charge on any atom is -0.480 e. The number of nitrogens with zero attached hydrogens (tertiary/aromatic N) is 1. The Morgan fingerprint density at radius 1 is 1.53 bits per heavy atom. The Bertz CT molecular complexity index is 223. The minimum atomic E-state index is -0.841. The second-order valence-corrected chi connectivity index (χ2v) is 2.63. The zero-order valence-corrected chi connectivity index (χ0v) is 10.2. The van der Waals surface area contributed by atoms with Crippen LogP contribution in [0, 0.1) is 0 Å². The van der Waals surface area contributed by atoms with Crippen LogP contribution in [0.2, 0.25) is 0 Å². The first kappa shape index (κ1) is 16.3. The number of nitrogens with one attached hydrogen (secondary N) is 1. The van der Waals surface area contributed by atoms with Crippen LogP contribution in [0.3, 0.4) is 0 Å². The van der Waals surface area contributed by atoms with Gasteiger partial charge in [0.1, 0.15) is 6.04 Å². The summed E-state index contributed by atoms with van der Waals surface area (Å²) in [6.07, 6.45) is 3.99. The van der Waals surface area contributed by atoms with E-state index in [1.165, 1.54) is 0 Å². The molecule has 15 heavy (non-hydrogen) atoms. The molecule has 0 spiro atoms. The van der Waals surface area contributed by atoms with Crippen molar-refractivity contribution < 1.29 is 9.90 Å².